The summed E-state index contributed by atoms with van der Waals surface area (Å²) in [5.41, 5.74) is 2.10. The molecule has 0 aliphatic rings. The molecule has 0 aliphatic carbocycles. The SMILES string of the molecule is COc1ccc(C[C@@H](C)NC[C@H](O)c2ccc(O)c3[nH]c(=O)ccc23)cc1.O=C([O-])c1ccccc1. The number of aliphatic hydroxyl groups excluding tert-OH is 1. The Balaban J connectivity index is 0.000000338. The molecule has 0 fully saturated rings. The fourth-order valence-electron chi connectivity index (χ4n) is 3.73. The van der Waals surface area contributed by atoms with Gasteiger partial charge in [-0.05, 0) is 54.3 Å². The average molecular weight is 490 g/mol. The third-order valence-electron chi connectivity index (χ3n) is 5.64. The van der Waals surface area contributed by atoms with Crippen molar-refractivity contribution in [3.05, 3.63) is 106 Å². The van der Waals surface area contributed by atoms with Crippen LogP contribution in [-0.4, -0.2) is 40.9 Å². The van der Waals surface area contributed by atoms with Crippen LogP contribution in [0.4, 0.5) is 0 Å². The first-order chi connectivity index (χ1) is 17.3. The summed E-state index contributed by atoms with van der Waals surface area (Å²) in [4.78, 5) is 24.2. The molecule has 3 aromatic carbocycles. The van der Waals surface area contributed by atoms with Crippen LogP contribution in [0.3, 0.4) is 0 Å². The van der Waals surface area contributed by atoms with E-state index in [1.54, 1.807) is 37.4 Å². The monoisotopic (exact) mass is 489 g/mol. The van der Waals surface area contributed by atoms with Gasteiger partial charge < -0.3 is 35.2 Å². The van der Waals surface area contributed by atoms with Crippen molar-refractivity contribution in [1.82, 2.24) is 10.3 Å². The molecule has 0 saturated carbocycles. The van der Waals surface area contributed by atoms with Crippen molar-refractivity contribution in [2.75, 3.05) is 13.7 Å². The number of hydrogen-bond donors (Lipinski definition) is 4. The van der Waals surface area contributed by atoms with E-state index < -0.39 is 12.1 Å². The number of aromatic hydroxyl groups is 1. The zero-order chi connectivity index (χ0) is 26.1. The summed E-state index contributed by atoms with van der Waals surface area (Å²) in [7, 11) is 1.64. The average Bonchev–Trinajstić information content (AvgIpc) is 2.89. The number of carbonyl (C=O) groups excluding carboxylic acids is 1. The number of H-pyrrole nitrogens is 1. The van der Waals surface area contributed by atoms with E-state index in [2.05, 4.69) is 17.2 Å². The molecule has 0 spiro atoms. The van der Waals surface area contributed by atoms with E-state index in [1.165, 1.54) is 29.8 Å². The van der Waals surface area contributed by atoms with Crippen LogP contribution in [0.1, 0.15) is 34.5 Å². The molecule has 188 valence electrons. The van der Waals surface area contributed by atoms with Gasteiger partial charge in [-0.1, -0.05) is 48.5 Å². The molecule has 0 unspecified atom stereocenters. The highest BCUT2D eigenvalue weighted by Gasteiger charge is 2.15. The Bertz CT molecular complexity index is 1340. The summed E-state index contributed by atoms with van der Waals surface area (Å²) < 4.78 is 5.16. The lowest BCUT2D eigenvalue weighted by molar-refractivity contribution is -0.255. The van der Waals surface area contributed by atoms with Crippen LogP contribution in [0.2, 0.25) is 0 Å². The summed E-state index contributed by atoms with van der Waals surface area (Å²) in [5.74, 6) is -0.317. The molecule has 0 amide bonds. The minimum Gasteiger partial charge on any atom is -0.545 e. The number of fused-ring (bicyclic) bond motifs is 1. The highest BCUT2D eigenvalue weighted by molar-refractivity contribution is 5.87. The van der Waals surface area contributed by atoms with Gasteiger partial charge in [-0.3, -0.25) is 4.79 Å². The molecule has 8 heteroatoms. The number of carboxylic acids is 1. The number of phenols is 1. The molecule has 8 nitrogen and oxygen atoms in total. The van der Waals surface area contributed by atoms with E-state index >= 15 is 0 Å². The van der Waals surface area contributed by atoms with Crippen molar-refractivity contribution in [2.24, 2.45) is 0 Å². The Kier molecular flexibility index (Phi) is 9.21. The summed E-state index contributed by atoms with van der Waals surface area (Å²) in [6.07, 6.45) is 0.0534. The number of aromatic carboxylic acids is 1. The first-order valence-electron chi connectivity index (χ1n) is 11.4. The third kappa shape index (κ3) is 7.18. The third-order valence-corrected chi connectivity index (χ3v) is 5.64. The number of aromatic amines is 1. The second-order valence-electron chi connectivity index (χ2n) is 8.32. The van der Waals surface area contributed by atoms with Crippen LogP contribution in [-0.2, 0) is 6.42 Å². The number of nitrogens with one attached hydrogen (secondary N) is 2. The number of aromatic nitrogens is 1. The molecule has 4 N–H and O–H groups in total. The molecule has 1 heterocycles. The molecular formula is C28H29N2O6-. The molecule has 0 aliphatic heterocycles. The van der Waals surface area contributed by atoms with E-state index in [4.69, 9.17) is 4.74 Å². The number of carbonyl (C=O) groups is 1. The summed E-state index contributed by atoms with van der Waals surface area (Å²) >= 11 is 0. The zero-order valence-corrected chi connectivity index (χ0v) is 20.1. The number of methoxy groups -OCH3 is 1. The number of carboxylic acid groups (broad SMARTS) is 1. The fourth-order valence-corrected chi connectivity index (χ4v) is 3.73. The lowest BCUT2D eigenvalue weighted by Gasteiger charge is -2.19. The van der Waals surface area contributed by atoms with Gasteiger partial charge in [-0.15, -0.1) is 0 Å². The Morgan fingerprint density at radius 3 is 2.33 bits per heavy atom. The molecular weight excluding hydrogens is 460 g/mol. The maximum atomic E-state index is 11.5. The number of pyridine rings is 1. The minimum atomic E-state index is -1.13. The number of benzene rings is 3. The number of rotatable bonds is 8. The van der Waals surface area contributed by atoms with Gasteiger partial charge in [0.1, 0.15) is 11.5 Å². The highest BCUT2D eigenvalue weighted by Crippen LogP contribution is 2.28. The number of phenolic OH excluding ortho intramolecular Hbond substituents is 1. The lowest BCUT2D eigenvalue weighted by atomic mass is 10.0. The smallest absolute Gasteiger partial charge is 0.248 e. The van der Waals surface area contributed by atoms with Gasteiger partial charge in [-0.2, -0.15) is 0 Å². The number of aliphatic hydroxyl groups is 1. The van der Waals surface area contributed by atoms with E-state index in [0.29, 0.717) is 23.0 Å². The summed E-state index contributed by atoms with van der Waals surface area (Å²) in [5, 5.41) is 34.6. The zero-order valence-electron chi connectivity index (χ0n) is 20.1. The maximum absolute atomic E-state index is 11.5. The van der Waals surface area contributed by atoms with Gasteiger partial charge in [0, 0.05) is 24.0 Å². The fraction of sp³-hybridized carbons (Fsp3) is 0.214. The minimum absolute atomic E-state index is 0.0144. The second kappa shape index (κ2) is 12.5. The highest BCUT2D eigenvalue weighted by atomic mass is 16.5. The van der Waals surface area contributed by atoms with Gasteiger partial charge in [0.15, 0.2) is 0 Å². The molecule has 0 radical (unpaired) electrons. The van der Waals surface area contributed by atoms with Gasteiger partial charge in [0.2, 0.25) is 5.56 Å². The first kappa shape index (κ1) is 26.5. The van der Waals surface area contributed by atoms with Gasteiger partial charge in [0.05, 0.1) is 24.7 Å². The molecule has 1 aromatic heterocycles. The Hall–Kier alpha value is -4.14. The predicted molar refractivity (Wildman–Crippen MR) is 136 cm³/mol. The maximum Gasteiger partial charge on any atom is 0.248 e. The standard InChI is InChI=1S/C21H24N2O4.C7H6O2/c1-13(11-14-3-5-15(27-2)6-4-14)22-12-19(25)16-7-9-18(24)21-17(16)8-10-20(26)23-21;8-7(9)6-4-2-1-3-5-6/h3-10,13,19,22,24-25H,11-12H2,1-2H3,(H,23,26);1-5H,(H,8,9)/p-1/t13-,19+;/m1./s1. The summed E-state index contributed by atoms with van der Waals surface area (Å²) in [6, 6.07) is 22.3. The van der Waals surface area contributed by atoms with Crippen molar-refractivity contribution < 1.29 is 24.9 Å². The molecule has 4 aromatic rings. The van der Waals surface area contributed by atoms with E-state index in [0.717, 1.165) is 12.2 Å². The van der Waals surface area contributed by atoms with Crippen LogP contribution >= 0.6 is 0 Å². The molecule has 0 bridgehead atoms. The Labute approximate surface area is 208 Å². The van der Waals surface area contributed by atoms with Gasteiger partial charge in [0.25, 0.3) is 0 Å². The summed E-state index contributed by atoms with van der Waals surface area (Å²) in [6.45, 7) is 2.42. The van der Waals surface area contributed by atoms with Crippen LogP contribution in [0.15, 0.2) is 83.7 Å². The second-order valence-corrected chi connectivity index (χ2v) is 8.32. The number of hydrogen-bond acceptors (Lipinski definition) is 7. The molecule has 2 atom stereocenters. The van der Waals surface area contributed by atoms with Crippen LogP contribution in [0.25, 0.3) is 10.9 Å². The van der Waals surface area contributed by atoms with Crippen molar-refractivity contribution in [1.29, 1.82) is 0 Å². The first-order valence-corrected chi connectivity index (χ1v) is 11.4. The quantitative estimate of drug-likeness (QED) is 0.299. The van der Waals surface area contributed by atoms with Gasteiger partial charge in [-0.25, -0.2) is 0 Å². The molecule has 36 heavy (non-hydrogen) atoms. The Morgan fingerprint density at radius 2 is 1.72 bits per heavy atom. The van der Waals surface area contributed by atoms with Crippen molar-refractivity contribution >= 4 is 16.9 Å². The van der Waals surface area contributed by atoms with E-state index in [9.17, 15) is 24.9 Å². The van der Waals surface area contributed by atoms with Crippen LogP contribution < -0.4 is 20.7 Å². The normalized spacial score (nSPS) is 12.3. The Morgan fingerprint density at radius 1 is 1.03 bits per heavy atom. The van der Waals surface area contributed by atoms with Crippen molar-refractivity contribution in [2.45, 2.75) is 25.5 Å². The van der Waals surface area contributed by atoms with E-state index in [-0.39, 0.29) is 22.9 Å². The van der Waals surface area contributed by atoms with Crippen molar-refractivity contribution in [3.8, 4) is 11.5 Å². The van der Waals surface area contributed by atoms with Crippen LogP contribution in [0.5, 0.6) is 11.5 Å². The lowest BCUT2D eigenvalue weighted by Crippen LogP contribution is -2.32. The molecule has 0 saturated heterocycles. The van der Waals surface area contributed by atoms with Crippen LogP contribution in [0, 0.1) is 0 Å². The van der Waals surface area contributed by atoms with Crippen molar-refractivity contribution in [3.63, 3.8) is 0 Å². The largest absolute Gasteiger partial charge is 0.545 e. The topological polar surface area (TPSA) is 135 Å². The van der Waals surface area contributed by atoms with Gasteiger partial charge >= 0.3 is 0 Å². The predicted octanol–water partition coefficient (Wildman–Crippen LogP) is 2.55. The molecule has 4 rings (SSSR count). The number of ether oxygens (including phenoxy) is 1. The van der Waals surface area contributed by atoms with E-state index in [1.807, 2.05) is 24.3 Å².